The first kappa shape index (κ1) is 15.6. The van der Waals surface area contributed by atoms with Crippen molar-refractivity contribution >= 4 is 17.6 Å². The first-order chi connectivity index (χ1) is 11.2. The van der Waals surface area contributed by atoms with E-state index in [0.717, 1.165) is 36.9 Å². The van der Waals surface area contributed by atoms with E-state index in [1.807, 2.05) is 18.2 Å². The van der Waals surface area contributed by atoms with Gasteiger partial charge in [-0.25, -0.2) is 4.79 Å². The lowest BCUT2D eigenvalue weighted by atomic mass is 10.0. The van der Waals surface area contributed by atoms with Gasteiger partial charge in [-0.2, -0.15) is 0 Å². The summed E-state index contributed by atoms with van der Waals surface area (Å²) in [5, 5.41) is 5.74. The monoisotopic (exact) mass is 317 g/mol. The zero-order chi connectivity index (χ0) is 16.2. The highest BCUT2D eigenvalue weighted by Gasteiger charge is 2.29. The number of rotatable bonds is 2. The van der Waals surface area contributed by atoms with Crippen LogP contribution in [-0.4, -0.2) is 38.2 Å². The summed E-state index contributed by atoms with van der Waals surface area (Å²) in [6, 6.07) is 5.15. The highest BCUT2D eigenvalue weighted by Crippen LogP contribution is 2.36. The fourth-order valence-electron chi connectivity index (χ4n) is 3.29. The summed E-state index contributed by atoms with van der Waals surface area (Å²) in [5.41, 5.74) is 1.93. The predicted octanol–water partition coefficient (Wildman–Crippen LogP) is 1.83. The van der Waals surface area contributed by atoms with E-state index in [0.29, 0.717) is 25.3 Å². The smallest absolute Gasteiger partial charge is 0.322 e. The topological polar surface area (TPSA) is 70.7 Å². The Bertz CT molecular complexity index is 588. The quantitative estimate of drug-likeness (QED) is 0.874. The van der Waals surface area contributed by atoms with Gasteiger partial charge in [-0.05, 0) is 43.7 Å². The molecule has 124 valence electrons. The third kappa shape index (κ3) is 3.25. The molecule has 3 rings (SSSR count). The summed E-state index contributed by atoms with van der Waals surface area (Å²) in [4.78, 5) is 26.5. The lowest BCUT2D eigenvalue weighted by Gasteiger charge is -2.32. The number of nitrogens with zero attached hydrogens (tertiary/aromatic N) is 1. The Morgan fingerprint density at radius 1 is 1.35 bits per heavy atom. The summed E-state index contributed by atoms with van der Waals surface area (Å²) in [6.07, 6.45) is 4.41. The van der Waals surface area contributed by atoms with E-state index in [4.69, 9.17) is 4.74 Å². The molecule has 1 atom stereocenters. The van der Waals surface area contributed by atoms with Crippen LogP contribution in [0.1, 0.15) is 31.2 Å². The second kappa shape index (κ2) is 6.89. The predicted molar refractivity (Wildman–Crippen MR) is 87.8 cm³/mol. The molecule has 1 saturated heterocycles. The summed E-state index contributed by atoms with van der Waals surface area (Å²) < 4.78 is 5.42. The van der Waals surface area contributed by atoms with E-state index in [1.165, 1.54) is 0 Å². The Hall–Kier alpha value is -2.24. The first-order valence-electron chi connectivity index (χ1n) is 8.22. The summed E-state index contributed by atoms with van der Waals surface area (Å²) >= 11 is 0. The van der Waals surface area contributed by atoms with E-state index in [-0.39, 0.29) is 11.9 Å². The van der Waals surface area contributed by atoms with Gasteiger partial charge >= 0.3 is 6.03 Å². The van der Waals surface area contributed by atoms with Crippen molar-refractivity contribution in [2.75, 3.05) is 25.1 Å². The number of carbonyl (C=O) groups excluding carboxylic acids is 2. The van der Waals surface area contributed by atoms with Crippen molar-refractivity contribution in [1.82, 2.24) is 10.6 Å². The second-order valence-electron chi connectivity index (χ2n) is 6.01. The Morgan fingerprint density at radius 3 is 3.04 bits per heavy atom. The molecule has 23 heavy (non-hydrogen) atoms. The first-order valence-corrected chi connectivity index (χ1v) is 8.22. The number of benzene rings is 1. The molecule has 2 heterocycles. The number of anilines is 1. The van der Waals surface area contributed by atoms with Gasteiger partial charge in [-0.15, -0.1) is 0 Å². The van der Waals surface area contributed by atoms with Crippen molar-refractivity contribution in [2.24, 2.45) is 0 Å². The van der Waals surface area contributed by atoms with Gasteiger partial charge < -0.3 is 15.4 Å². The van der Waals surface area contributed by atoms with Crippen LogP contribution in [0.3, 0.4) is 0 Å². The SMILES string of the molecule is COc1cccc2c1N(C(=O)N[C@@H]1CCCCNC1=O)CCC2. The average molecular weight is 317 g/mol. The molecule has 2 aliphatic rings. The number of para-hydroxylation sites is 1. The number of fused-ring (bicyclic) bond motifs is 1. The van der Waals surface area contributed by atoms with Crippen LogP contribution in [-0.2, 0) is 11.2 Å². The highest BCUT2D eigenvalue weighted by atomic mass is 16.5. The van der Waals surface area contributed by atoms with Crippen molar-refractivity contribution in [3.8, 4) is 5.75 Å². The third-order valence-corrected chi connectivity index (χ3v) is 4.48. The van der Waals surface area contributed by atoms with Crippen molar-refractivity contribution in [2.45, 2.75) is 38.1 Å². The summed E-state index contributed by atoms with van der Waals surface area (Å²) in [6.45, 7) is 1.32. The molecule has 6 nitrogen and oxygen atoms in total. The van der Waals surface area contributed by atoms with Gasteiger partial charge in [-0.3, -0.25) is 9.69 Å². The maximum atomic E-state index is 12.7. The minimum Gasteiger partial charge on any atom is -0.495 e. The number of ether oxygens (including phenoxy) is 1. The Balaban J connectivity index is 1.80. The Kier molecular flexibility index (Phi) is 4.69. The van der Waals surface area contributed by atoms with E-state index in [9.17, 15) is 9.59 Å². The van der Waals surface area contributed by atoms with Crippen LogP contribution < -0.4 is 20.3 Å². The maximum absolute atomic E-state index is 12.7. The fraction of sp³-hybridized carbons (Fsp3) is 0.529. The highest BCUT2D eigenvalue weighted by molar-refractivity contribution is 5.97. The van der Waals surface area contributed by atoms with Crippen LogP contribution in [0.2, 0.25) is 0 Å². The minimum atomic E-state index is -0.454. The van der Waals surface area contributed by atoms with Crippen molar-refractivity contribution < 1.29 is 14.3 Å². The van der Waals surface area contributed by atoms with Gasteiger partial charge in [0.1, 0.15) is 11.8 Å². The molecular weight excluding hydrogens is 294 g/mol. The number of urea groups is 1. The van der Waals surface area contributed by atoms with Crippen LogP contribution in [0, 0.1) is 0 Å². The second-order valence-corrected chi connectivity index (χ2v) is 6.01. The number of hydrogen-bond donors (Lipinski definition) is 2. The van der Waals surface area contributed by atoms with Gasteiger partial charge in [-0.1, -0.05) is 12.1 Å². The van der Waals surface area contributed by atoms with E-state index < -0.39 is 6.04 Å². The number of methoxy groups -OCH3 is 1. The van der Waals surface area contributed by atoms with Crippen LogP contribution in [0.15, 0.2) is 18.2 Å². The van der Waals surface area contributed by atoms with Gasteiger partial charge in [0.05, 0.1) is 12.8 Å². The van der Waals surface area contributed by atoms with Crippen LogP contribution in [0.5, 0.6) is 5.75 Å². The number of carbonyl (C=O) groups is 2. The van der Waals surface area contributed by atoms with Gasteiger partial charge in [0, 0.05) is 13.1 Å². The zero-order valence-electron chi connectivity index (χ0n) is 13.4. The van der Waals surface area contributed by atoms with Crippen LogP contribution in [0.25, 0.3) is 0 Å². The molecule has 1 aromatic carbocycles. The molecule has 0 aliphatic carbocycles. The molecule has 0 saturated carbocycles. The normalized spacial score (nSPS) is 21.0. The van der Waals surface area contributed by atoms with Gasteiger partial charge in [0.2, 0.25) is 5.91 Å². The summed E-state index contributed by atoms with van der Waals surface area (Å²) in [7, 11) is 1.61. The van der Waals surface area contributed by atoms with E-state index in [1.54, 1.807) is 12.0 Å². The maximum Gasteiger partial charge on any atom is 0.322 e. The van der Waals surface area contributed by atoms with Gasteiger partial charge in [0.15, 0.2) is 0 Å². The Labute approximate surface area is 136 Å². The third-order valence-electron chi connectivity index (χ3n) is 4.48. The molecule has 2 N–H and O–H groups in total. The van der Waals surface area contributed by atoms with Crippen molar-refractivity contribution in [3.05, 3.63) is 23.8 Å². The molecule has 0 spiro atoms. The van der Waals surface area contributed by atoms with E-state index in [2.05, 4.69) is 10.6 Å². The number of hydrogen-bond acceptors (Lipinski definition) is 3. The molecule has 0 aromatic heterocycles. The van der Waals surface area contributed by atoms with E-state index >= 15 is 0 Å². The standard InChI is InChI=1S/C17H23N3O3/c1-23-14-9-4-6-12-7-5-11-20(15(12)14)17(22)19-13-8-2-3-10-18-16(13)21/h4,6,9,13H,2-3,5,7-8,10-11H2,1H3,(H,18,21)(H,19,22)/t13-/m1/s1. The molecule has 3 amide bonds. The number of nitrogens with one attached hydrogen (secondary N) is 2. The summed E-state index contributed by atoms with van der Waals surface area (Å²) in [5.74, 6) is 0.607. The number of amides is 3. The molecule has 0 unspecified atom stereocenters. The molecular formula is C17H23N3O3. The fourth-order valence-corrected chi connectivity index (χ4v) is 3.29. The average Bonchev–Trinajstić information content (AvgIpc) is 2.78. The molecule has 0 radical (unpaired) electrons. The van der Waals surface area contributed by atoms with Crippen LogP contribution in [0.4, 0.5) is 10.5 Å². The molecule has 1 aromatic rings. The van der Waals surface area contributed by atoms with Crippen molar-refractivity contribution in [1.29, 1.82) is 0 Å². The minimum absolute atomic E-state index is 0.0897. The molecule has 1 fully saturated rings. The lowest BCUT2D eigenvalue weighted by Crippen LogP contribution is -2.51. The molecule has 2 aliphatic heterocycles. The molecule has 6 heteroatoms. The van der Waals surface area contributed by atoms with Gasteiger partial charge in [0.25, 0.3) is 0 Å². The lowest BCUT2D eigenvalue weighted by molar-refractivity contribution is -0.122. The van der Waals surface area contributed by atoms with Crippen LogP contribution >= 0.6 is 0 Å². The largest absolute Gasteiger partial charge is 0.495 e. The Morgan fingerprint density at radius 2 is 2.22 bits per heavy atom. The van der Waals surface area contributed by atoms with Crippen molar-refractivity contribution in [3.63, 3.8) is 0 Å². The zero-order valence-corrected chi connectivity index (χ0v) is 13.4. The number of aryl methyl sites for hydroxylation is 1. The molecule has 0 bridgehead atoms.